The van der Waals surface area contributed by atoms with Gasteiger partial charge in [0.1, 0.15) is 34.0 Å². The predicted octanol–water partition coefficient (Wildman–Crippen LogP) is 7.26. The average Bonchev–Trinajstić information content (AvgIpc) is 3.95. The summed E-state index contributed by atoms with van der Waals surface area (Å²) in [4.78, 5) is 70.6. The second-order valence-corrected chi connectivity index (χ2v) is 18.2. The Labute approximate surface area is 331 Å². The molecule has 4 aliphatic rings. The number of aryl methyl sites for hydroxylation is 2. The summed E-state index contributed by atoms with van der Waals surface area (Å²) < 4.78 is 0. The summed E-state index contributed by atoms with van der Waals surface area (Å²) in [5.41, 5.74) is 6.38. The lowest BCUT2D eigenvalue weighted by molar-refractivity contribution is -0.142. The van der Waals surface area contributed by atoms with E-state index in [0.29, 0.717) is 25.7 Å². The van der Waals surface area contributed by atoms with Gasteiger partial charge in [0.2, 0.25) is 5.91 Å². The number of nitrogens with one attached hydrogen (secondary N) is 3. The number of nitrogens with zero attached hydrogens (tertiary/aromatic N) is 4. The Bertz CT molecular complexity index is 2590. The highest BCUT2D eigenvalue weighted by Crippen LogP contribution is 2.43. The van der Waals surface area contributed by atoms with Gasteiger partial charge in [-0.05, 0) is 85.0 Å². The number of hydrogen-bond donors (Lipinski definition) is 4. The number of carbonyl (C=O) groups is 4. The molecule has 4 aromatic heterocycles. The first kappa shape index (κ1) is 35.8. The van der Waals surface area contributed by atoms with Gasteiger partial charge in [0.05, 0.1) is 16.7 Å². The van der Waals surface area contributed by atoms with Crippen molar-refractivity contribution in [3.63, 3.8) is 0 Å². The number of carboxylic acid groups (broad SMARTS) is 1. The first-order valence-electron chi connectivity index (χ1n) is 17.9. The third-order valence-corrected chi connectivity index (χ3v) is 14.7. The van der Waals surface area contributed by atoms with E-state index in [0.717, 1.165) is 94.9 Å². The molecule has 16 heteroatoms. The Morgan fingerprint density at radius 1 is 0.709 bits per heavy atom. The van der Waals surface area contributed by atoms with Crippen molar-refractivity contribution in [1.82, 2.24) is 25.3 Å². The van der Waals surface area contributed by atoms with Crippen LogP contribution in [0.5, 0.6) is 0 Å². The number of carbonyl (C=O) groups excluding carboxylic acids is 3. The minimum Gasteiger partial charge on any atom is -0.481 e. The molecule has 4 N–H and O–H groups in total. The molecule has 0 spiro atoms. The van der Waals surface area contributed by atoms with Crippen LogP contribution in [0, 0.1) is 11.8 Å². The van der Waals surface area contributed by atoms with Crippen LogP contribution in [0.2, 0.25) is 0 Å². The number of thiophene rings is 2. The van der Waals surface area contributed by atoms with Crippen LogP contribution in [0.3, 0.4) is 0 Å². The van der Waals surface area contributed by atoms with Crippen LogP contribution in [-0.2, 0) is 57.7 Å². The molecular formula is C39H33N7O5S4. The molecule has 2 aliphatic carbocycles. The molecule has 2 atom stereocenters. The fourth-order valence-corrected chi connectivity index (χ4v) is 12.1. The maximum Gasteiger partial charge on any atom is 0.306 e. The number of hydrogen-bond acceptors (Lipinski definition) is 14. The molecule has 0 saturated heterocycles. The van der Waals surface area contributed by atoms with Crippen LogP contribution < -0.4 is 16.0 Å². The van der Waals surface area contributed by atoms with Crippen LogP contribution >= 0.6 is 46.2 Å². The van der Waals surface area contributed by atoms with Crippen molar-refractivity contribution < 1.29 is 24.3 Å². The number of thioether (sulfide) groups is 2. The first-order valence-corrected chi connectivity index (χ1v) is 21.1. The van der Waals surface area contributed by atoms with Gasteiger partial charge in [-0.25, -0.2) is 19.9 Å². The number of aromatic nitrogens is 4. The zero-order valence-electron chi connectivity index (χ0n) is 29.4. The molecule has 0 bridgehead atoms. The van der Waals surface area contributed by atoms with Gasteiger partial charge in [-0.15, -0.1) is 22.7 Å². The molecule has 12 nitrogen and oxygen atoms in total. The molecule has 0 fully saturated rings. The van der Waals surface area contributed by atoms with E-state index in [1.165, 1.54) is 45.9 Å². The quantitative estimate of drug-likeness (QED) is 0.132. The molecule has 10 rings (SSSR count). The summed E-state index contributed by atoms with van der Waals surface area (Å²) in [6, 6.07) is 11.9. The SMILES string of the molecule is CNC(=O)C1CCc2c(sc3ncnc(Nc4ccc5c(c4)SC(=O)C5)c23)C1.O=C1Cc2ccc(Nc3ncnc4sc5c(c34)CCC(C(=O)O)C5)cc2S1. The minimum absolute atomic E-state index is 0.0289. The summed E-state index contributed by atoms with van der Waals surface area (Å²) in [5.74, 6) is 0.614. The molecule has 2 aliphatic heterocycles. The molecule has 0 radical (unpaired) electrons. The lowest BCUT2D eigenvalue weighted by atomic mass is 9.87. The molecule has 278 valence electrons. The number of rotatable bonds is 6. The van der Waals surface area contributed by atoms with E-state index < -0.39 is 5.97 Å². The normalized spacial score (nSPS) is 18.2. The van der Waals surface area contributed by atoms with Gasteiger partial charge in [-0.1, -0.05) is 35.7 Å². The number of benzene rings is 2. The van der Waals surface area contributed by atoms with Gasteiger partial charge in [-0.2, -0.15) is 0 Å². The van der Waals surface area contributed by atoms with Gasteiger partial charge in [-0.3, -0.25) is 19.2 Å². The van der Waals surface area contributed by atoms with Crippen molar-refractivity contribution in [3.8, 4) is 0 Å². The third-order valence-electron chi connectivity index (χ3n) is 10.4. The maximum absolute atomic E-state index is 12.0. The van der Waals surface area contributed by atoms with Crippen LogP contribution in [0.4, 0.5) is 23.0 Å². The lowest BCUT2D eigenvalue weighted by Gasteiger charge is -2.21. The average molecular weight is 808 g/mol. The zero-order chi connectivity index (χ0) is 37.8. The van der Waals surface area contributed by atoms with Crippen molar-refractivity contribution in [2.75, 3.05) is 17.7 Å². The highest BCUT2D eigenvalue weighted by atomic mass is 32.2. The Morgan fingerprint density at radius 2 is 1.20 bits per heavy atom. The highest BCUT2D eigenvalue weighted by Gasteiger charge is 2.30. The Morgan fingerprint density at radius 3 is 1.69 bits per heavy atom. The van der Waals surface area contributed by atoms with Crippen molar-refractivity contribution >= 4 is 112 Å². The van der Waals surface area contributed by atoms with Crippen molar-refractivity contribution in [2.24, 2.45) is 11.8 Å². The van der Waals surface area contributed by atoms with E-state index in [2.05, 4.69) is 35.9 Å². The molecule has 2 unspecified atom stereocenters. The summed E-state index contributed by atoms with van der Waals surface area (Å²) >= 11 is 5.80. The number of anilines is 4. The van der Waals surface area contributed by atoms with E-state index in [1.807, 2.05) is 36.4 Å². The maximum atomic E-state index is 12.0. The lowest BCUT2D eigenvalue weighted by Crippen LogP contribution is -2.31. The molecule has 55 heavy (non-hydrogen) atoms. The first-order chi connectivity index (χ1) is 26.7. The summed E-state index contributed by atoms with van der Waals surface area (Å²) in [6.07, 6.45) is 8.47. The second-order valence-electron chi connectivity index (χ2n) is 13.8. The van der Waals surface area contributed by atoms with Gasteiger partial charge < -0.3 is 21.1 Å². The van der Waals surface area contributed by atoms with Gasteiger partial charge in [0.25, 0.3) is 0 Å². The van der Waals surface area contributed by atoms with Crippen molar-refractivity contribution in [1.29, 1.82) is 0 Å². The summed E-state index contributed by atoms with van der Waals surface area (Å²) in [7, 11) is 1.69. The smallest absolute Gasteiger partial charge is 0.306 e. The molecule has 6 heterocycles. The van der Waals surface area contributed by atoms with Gasteiger partial charge >= 0.3 is 5.97 Å². The summed E-state index contributed by atoms with van der Waals surface area (Å²) in [5, 5.41) is 21.3. The monoisotopic (exact) mass is 807 g/mol. The van der Waals surface area contributed by atoms with E-state index in [4.69, 9.17) is 0 Å². The zero-order valence-corrected chi connectivity index (χ0v) is 32.7. The number of amides is 1. The molecule has 2 aromatic carbocycles. The fraction of sp³-hybridized carbons (Fsp3) is 0.282. The van der Waals surface area contributed by atoms with Crippen LogP contribution in [0.15, 0.2) is 58.8 Å². The Balaban J connectivity index is 0.000000144. The van der Waals surface area contributed by atoms with Gasteiger partial charge in [0.15, 0.2) is 10.2 Å². The number of carboxylic acids is 1. The van der Waals surface area contributed by atoms with Crippen LogP contribution in [-0.4, -0.2) is 54.2 Å². The number of fused-ring (bicyclic) bond motifs is 8. The van der Waals surface area contributed by atoms with E-state index in [9.17, 15) is 24.3 Å². The minimum atomic E-state index is -0.729. The Kier molecular flexibility index (Phi) is 9.52. The highest BCUT2D eigenvalue weighted by molar-refractivity contribution is 8.14. The standard InChI is InChI=1S/C20H18N4O2S2.C19H15N3O3S2/c1-21-19(26)11-3-5-13-15(6-11)28-20-17(13)18(22-9-23-20)24-12-4-2-10-7-16(25)27-14(10)8-12;23-15-6-9-1-3-11(7-13(9)26-15)22-17-16-12-4-2-10(19(24)25)5-14(12)27-18(16)21-8-20-17/h2,4,8-9,11H,3,5-7H2,1H3,(H,21,26)(H,22,23,24);1,3,7-8,10H,2,4-6H2,(H,24,25)(H,20,21,22). The van der Waals surface area contributed by atoms with Gasteiger partial charge in [0, 0.05) is 56.7 Å². The van der Waals surface area contributed by atoms with Crippen LogP contribution in [0.1, 0.15) is 44.8 Å². The van der Waals surface area contributed by atoms with E-state index in [-0.39, 0.29) is 28.0 Å². The number of aliphatic carboxylic acids is 1. The van der Waals surface area contributed by atoms with E-state index in [1.54, 1.807) is 36.0 Å². The second kappa shape index (κ2) is 14.6. The Hall–Kier alpha value is -4.90. The predicted molar refractivity (Wildman–Crippen MR) is 216 cm³/mol. The molecule has 1 amide bonds. The summed E-state index contributed by atoms with van der Waals surface area (Å²) in [6.45, 7) is 0. The molecule has 6 aromatic rings. The molecule has 0 saturated carbocycles. The largest absolute Gasteiger partial charge is 0.481 e. The van der Waals surface area contributed by atoms with Crippen molar-refractivity contribution in [3.05, 3.63) is 81.1 Å². The van der Waals surface area contributed by atoms with E-state index >= 15 is 0 Å². The molecular weight excluding hydrogens is 775 g/mol. The third kappa shape index (κ3) is 6.96. The topological polar surface area (TPSA) is 176 Å². The fourth-order valence-electron chi connectivity index (χ4n) is 7.70. The van der Waals surface area contributed by atoms with Crippen LogP contribution in [0.25, 0.3) is 20.4 Å². The van der Waals surface area contributed by atoms with Crippen molar-refractivity contribution in [2.45, 2.75) is 61.2 Å².